The number of aliphatic hydroxyl groups excluding tert-OH is 3. The largest absolute Gasteiger partial charge is 0.504 e. The molecule has 9 rings (SSSR count). The first-order chi connectivity index (χ1) is 21.9. The Bertz CT molecular complexity index is 1600. The van der Waals surface area contributed by atoms with Crippen molar-refractivity contribution in [2.24, 2.45) is 45.8 Å². The molecule has 1 saturated heterocycles. The maximum atomic E-state index is 14.3. The van der Waals surface area contributed by atoms with Crippen LogP contribution in [0.4, 0.5) is 0 Å². The third-order valence-electron chi connectivity index (χ3n) is 15.5. The molecule has 1 spiro atoms. The van der Waals surface area contributed by atoms with E-state index in [1.54, 1.807) is 19.1 Å². The molecule has 9 nitrogen and oxygen atoms in total. The number of hydrogen-bond acceptors (Lipinski definition) is 9. The minimum atomic E-state index is -1.48. The lowest BCUT2D eigenvalue weighted by Gasteiger charge is -2.62. The Morgan fingerprint density at radius 2 is 1.66 bits per heavy atom. The van der Waals surface area contributed by atoms with Gasteiger partial charge in [0.05, 0.1) is 35.6 Å². The summed E-state index contributed by atoms with van der Waals surface area (Å²) in [5.41, 5.74) is -5.03. The van der Waals surface area contributed by atoms with E-state index in [0.717, 1.165) is 12.8 Å². The van der Waals surface area contributed by atoms with Crippen molar-refractivity contribution < 1.29 is 45.3 Å². The smallest absolute Gasteiger partial charge is 0.160 e. The van der Waals surface area contributed by atoms with Gasteiger partial charge in [-0.2, -0.15) is 0 Å². The minimum Gasteiger partial charge on any atom is -0.504 e. The molecule has 256 valence electrons. The SMILES string of the molecule is CC1C(O)C2(OC3CC4(O)C5=CC(=O)C6C(c7ccc(O)c(O)c7)C(O)C(O)CC6(C)C5CCC4(C)C3C2(C)O)C2C=CC1(C)CC2. The highest BCUT2D eigenvalue weighted by atomic mass is 16.6. The fourth-order valence-corrected chi connectivity index (χ4v) is 12.9. The van der Waals surface area contributed by atoms with E-state index < -0.39 is 69.8 Å². The number of fused-ring (bicyclic) bond motifs is 9. The lowest BCUT2D eigenvalue weighted by Crippen LogP contribution is -2.68. The van der Waals surface area contributed by atoms with Gasteiger partial charge >= 0.3 is 0 Å². The molecule has 1 aromatic carbocycles. The maximum absolute atomic E-state index is 14.3. The molecular formula is C38H50O9. The molecular weight excluding hydrogens is 600 g/mol. The predicted molar refractivity (Wildman–Crippen MR) is 171 cm³/mol. The van der Waals surface area contributed by atoms with E-state index in [4.69, 9.17) is 4.74 Å². The van der Waals surface area contributed by atoms with Crippen LogP contribution in [-0.2, 0) is 9.53 Å². The van der Waals surface area contributed by atoms with E-state index in [0.29, 0.717) is 24.0 Å². The first-order valence-corrected chi connectivity index (χ1v) is 17.5. The second-order valence-electron chi connectivity index (χ2n) is 17.4. The van der Waals surface area contributed by atoms with E-state index in [-0.39, 0.29) is 53.3 Å². The van der Waals surface area contributed by atoms with Crippen molar-refractivity contribution in [3.63, 3.8) is 0 Å². The standard InChI is InChI=1S/C38H50O9/c1-18-32(44)38(20-8-11-33(18,2)12-9-20)36(5,45)31-27(47-38)17-37(46)22-15-25(41)29-28(19-6-7-23(39)24(40)14-19)30(43)26(42)16-34(29,3)21(22)10-13-35(31,37)4/h6-8,11,14-15,18,20-21,26-32,39-40,42-46H,9-10,12-13,16-17H2,1-5H3. The van der Waals surface area contributed by atoms with Crippen molar-refractivity contribution in [3.8, 4) is 11.5 Å². The molecule has 1 aliphatic heterocycles. The number of ketones is 1. The van der Waals surface area contributed by atoms with Gasteiger partial charge in [0, 0.05) is 35.5 Å². The number of carbonyl (C=O) groups is 1. The molecule has 1 aromatic rings. The van der Waals surface area contributed by atoms with Crippen molar-refractivity contribution in [1.29, 1.82) is 0 Å². The Hall–Kier alpha value is -2.27. The van der Waals surface area contributed by atoms with Crippen LogP contribution in [0, 0.1) is 45.8 Å². The van der Waals surface area contributed by atoms with Crippen LogP contribution < -0.4 is 0 Å². The van der Waals surface area contributed by atoms with E-state index in [2.05, 4.69) is 19.1 Å². The molecule has 4 saturated carbocycles. The van der Waals surface area contributed by atoms with Crippen molar-refractivity contribution in [2.75, 3.05) is 0 Å². The number of benzene rings is 1. The average Bonchev–Trinajstić information content (AvgIpc) is 3.33. The highest BCUT2D eigenvalue weighted by Gasteiger charge is 2.80. The van der Waals surface area contributed by atoms with Gasteiger partial charge in [-0.15, -0.1) is 0 Å². The van der Waals surface area contributed by atoms with Crippen molar-refractivity contribution >= 4 is 5.78 Å². The Balaban J connectivity index is 1.20. The normalized spacial score (nSPS) is 56.0. The van der Waals surface area contributed by atoms with Gasteiger partial charge in [-0.25, -0.2) is 0 Å². The van der Waals surface area contributed by atoms with E-state index in [9.17, 15) is 40.5 Å². The molecule has 7 aliphatic carbocycles. The molecule has 1 heterocycles. The summed E-state index contributed by atoms with van der Waals surface area (Å²) in [4.78, 5) is 14.3. The number of phenols is 2. The van der Waals surface area contributed by atoms with Crippen LogP contribution in [0.2, 0.25) is 0 Å². The summed E-state index contributed by atoms with van der Waals surface area (Å²) in [5, 5.41) is 80.6. The Morgan fingerprint density at radius 1 is 0.936 bits per heavy atom. The molecule has 16 atom stereocenters. The molecule has 47 heavy (non-hydrogen) atoms. The van der Waals surface area contributed by atoms with Crippen LogP contribution in [0.15, 0.2) is 42.0 Å². The Labute approximate surface area is 276 Å². The number of phenolic OH excluding ortho intramolecular Hbond substituents is 2. The molecule has 7 N–H and O–H groups in total. The van der Waals surface area contributed by atoms with Crippen LogP contribution in [0.3, 0.4) is 0 Å². The fraction of sp³-hybridized carbons (Fsp3) is 0.711. The molecule has 0 aromatic heterocycles. The van der Waals surface area contributed by atoms with Gasteiger partial charge in [0.25, 0.3) is 0 Å². The zero-order valence-corrected chi connectivity index (χ0v) is 27.9. The first kappa shape index (κ1) is 32.0. The van der Waals surface area contributed by atoms with Gasteiger partial charge in [-0.05, 0) is 91.0 Å². The topological polar surface area (TPSA) is 168 Å². The molecule has 16 unspecified atom stereocenters. The van der Waals surface area contributed by atoms with Crippen LogP contribution in [0.25, 0.3) is 0 Å². The maximum Gasteiger partial charge on any atom is 0.160 e. The molecule has 9 heteroatoms. The summed E-state index contributed by atoms with van der Waals surface area (Å²) < 4.78 is 7.01. The third-order valence-corrected chi connectivity index (χ3v) is 15.5. The van der Waals surface area contributed by atoms with Gasteiger partial charge in [-0.3, -0.25) is 4.79 Å². The zero-order valence-electron chi connectivity index (χ0n) is 27.9. The number of aromatic hydroxyl groups is 2. The van der Waals surface area contributed by atoms with Gasteiger partial charge in [0.15, 0.2) is 17.3 Å². The lowest BCUT2D eigenvalue weighted by molar-refractivity contribution is -0.235. The summed E-state index contributed by atoms with van der Waals surface area (Å²) in [5.74, 6) is -3.63. The number of carbonyl (C=O) groups excluding carboxylic acids is 1. The molecule has 5 fully saturated rings. The van der Waals surface area contributed by atoms with E-state index >= 15 is 0 Å². The molecule has 8 aliphatic rings. The van der Waals surface area contributed by atoms with Crippen molar-refractivity contribution in [3.05, 3.63) is 47.6 Å². The Morgan fingerprint density at radius 3 is 2.32 bits per heavy atom. The minimum absolute atomic E-state index is 0.147. The molecule has 0 amide bonds. The van der Waals surface area contributed by atoms with Crippen LogP contribution in [0.5, 0.6) is 11.5 Å². The van der Waals surface area contributed by atoms with Crippen molar-refractivity contribution in [1.82, 2.24) is 0 Å². The van der Waals surface area contributed by atoms with Gasteiger partial charge in [0.1, 0.15) is 5.60 Å². The zero-order chi connectivity index (χ0) is 33.9. The summed E-state index contributed by atoms with van der Waals surface area (Å²) in [7, 11) is 0. The van der Waals surface area contributed by atoms with Crippen LogP contribution in [-0.4, -0.2) is 82.7 Å². The van der Waals surface area contributed by atoms with Crippen LogP contribution in [0.1, 0.15) is 84.6 Å². The summed E-state index contributed by atoms with van der Waals surface area (Å²) in [6.45, 7) is 9.97. The monoisotopic (exact) mass is 650 g/mol. The highest BCUT2D eigenvalue weighted by Crippen LogP contribution is 2.74. The second kappa shape index (κ2) is 9.49. The quantitative estimate of drug-likeness (QED) is 0.178. The summed E-state index contributed by atoms with van der Waals surface area (Å²) >= 11 is 0. The van der Waals surface area contributed by atoms with Gasteiger partial charge < -0.3 is 40.5 Å². The van der Waals surface area contributed by atoms with E-state index in [1.165, 1.54) is 12.1 Å². The fourth-order valence-electron chi connectivity index (χ4n) is 12.9. The number of rotatable bonds is 1. The summed E-state index contributed by atoms with van der Waals surface area (Å²) in [6.07, 6.45) is 5.15. The number of aliphatic hydroxyl groups is 5. The highest BCUT2D eigenvalue weighted by molar-refractivity contribution is 5.96. The van der Waals surface area contributed by atoms with Crippen molar-refractivity contribution in [2.45, 2.75) is 120 Å². The van der Waals surface area contributed by atoms with Crippen LogP contribution >= 0.6 is 0 Å². The molecule has 0 radical (unpaired) electrons. The van der Waals surface area contributed by atoms with Gasteiger partial charge in [0.2, 0.25) is 0 Å². The van der Waals surface area contributed by atoms with Gasteiger partial charge in [-0.1, -0.05) is 45.9 Å². The number of allylic oxidation sites excluding steroid dienone is 2. The molecule has 2 bridgehead atoms. The lowest BCUT2D eigenvalue weighted by atomic mass is 9.43. The second-order valence-corrected chi connectivity index (χ2v) is 17.4. The number of ether oxygens (including phenoxy) is 1. The Kier molecular flexibility index (Phi) is 6.45. The third kappa shape index (κ3) is 3.59. The number of hydrogen-bond donors (Lipinski definition) is 7. The summed E-state index contributed by atoms with van der Waals surface area (Å²) in [6, 6.07) is 4.23. The predicted octanol–water partition coefficient (Wildman–Crippen LogP) is 3.48. The van der Waals surface area contributed by atoms with E-state index in [1.807, 2.05) is 20.8 Å². The average molecular weight is 651 g/mol. The first-order valence-electron chi connectivity index (χ1n) is 17.5.